The quantitative estimate of drug-likeness (QED) is 0.209. The third kappa shape index (κ3) is 2.36. The van der Waals surface area contributed by atoms with E-state index in [0.29, 0.717) is 0 Å². The molecule has 5 aromatic carbocycles. The largest absolute Gasteiger partial charge is 0.0619 e. The fourth-order valence-electron chi connectivity index (χ4n) is 8.17. The van der Waals surface area contributed by atoms with Gasteiger partial charge in [-0.1, -0.05) is 114 Å². The van der Waals surface area contributed by atoms with Gasteiger partial charge in [0.2, 0.25) is 0 Å². The van der Waals surface area contributed by atoms with Gasteiger partial charge in [-0.2, -0.15) is 0 Å². The third-order valence-electron chi connectivity index (χ3n) is 10.0. The average molecular weight is 477 g/mol. The molecule has 180 valence electrons. The highest BCUT2D eigenvalue weighted by atomic mass is 14.5. The molecule has 0 nitrogen and oxygen atoms in total. The molecule has 0 aliphatic heterocycles. The third-order valence-corrected chi connectivity index (χ3v) is 10.0. The van der Waals surface area contributed by atoms with Crippen molar-refractivity contribution in [2.24, 2.45) is 0 Å². The summed E-state index contributed by atoms with van der Waals surface area (Å²) >= 11 is 0. The van der Waals surface area contributed by atoms with Gasteiger partial charge in [-0.3, -0.25) is 0 Å². The molecule has 0 heteroatoms. The first kappa shape index (κ1) is 21.4. The van der Waals surface area contributed by atoms with E-state index in [2.05, 4.69) is 126 Å². The number of benzene rings is 5. The minimum Gasteiger partial charge on any atom is -0.0619 e. The Morgan fingerprint density at radius 2 is 1.00 bits per heavy atom. The lowest BCUT2D eigenvalue weighted by Crippen LogP contribution is -2.24. The van der Waals surface area contributed by atoms with E-state index in [1.807, 2.05) is 0 Å². The summed E-state index contributed by atoms with van der Waals surface area (Å²) in [7, 11) is 0. The van der Waals surface area contributed by atoms with E-state index in [-0.39, 0.29) is 16.2 Å². The molecule has 0 N–H and O–H groups in total. The fraction of sp³-hybridized carbons (Fsp3) is 0.243. The van der Waals surface area contributed by atoms with Crippen LogP contribution in [0.25, 0.3) is 44.2 Å². The molecule has 0 fully saturated rings. The van der Waals surface area contributed by atoms with E-state index in [0.717, 1.165) is 0 Å². The van der Waals surface area contributed by atoms with Crippen LogP contribution in [0.2, 0.25) is 0 Å². The molecule has 0 saturated heterocycles. The van der Waals surface area contributed by atoms with Gasteiger partial charge in [-0.25, -0.2) is 0 Å². The van der Waals surface area contributed by atoms with E-state index in [1.54, 1.807) is 0 Å². The molecule has 0 unspecified atom stereocenters. The Balaban J connectivity index is 1.44. The standard InChI is InChI=1S/C37H32/c1-35(2)29-18-15-21-11-7-8-12-22(21)32(29)27-20-30-26(19-31(27)35)25-17-16-24-23-13-9-10-14-28(23)36(3,4)33(24)34(25)37(30,5)6/h7-20H,1-6H3. The van der Waals surface area contributed by atoms with Crippen molar-refractivity contribution in [3.63, 3.8) is 0 Å². The number of hydrogen-bond donors (Lipinski definition) is 0. The average Bonchev–Trinajstić information content (AvgIpc) is 3.37. The predicted molar refractivity (Wildman–Crippen MR) is 157 cm³/mol. The summed E-state index contributed by atoms with van der Waals surface area (Å²) < 4.78 is 0. The highest BCUT2D eigenvalue weighted by Gasteiger charge is 2.47. The first-order chi connectivity index (χ1) is 17.6. The Hall–Kier alpha value is -3.64. The van der Waals surface area contributed by atoms with Crippen LogP contribution >= 0.6 is 0 Å². The Bertz CT molecular complexity index is 1840. The van der Waals surface area contributed by atoms with Crippen LogP contribution in [0.15, 0.2) is 84.9 Å². The molecule has 0 atom stereocenters. The lowest BCUT2D eigenvalue weighted by molar-refractivity contribution is 0.601. The van der Waals surface area contributed by atoms with Crippen molar-refractivity contribution in [3.8, 4) is 33.4 Å². The maximum absolute atomic E-state index is 2.56. The van der Waals surface area contributed by atoms with Gasteiger partial charge in [0, 0.05) is 16.2 Å². The first-order valence-corrected chi connectivity index (χ1v) is 13.6. The maximum Gasteiger partial charge on any atom is 0.0162 e. The number of rotatable bonds is 0. The van der Waals surface area contributed by atoms with Crippen LogP contribution in [0, 0.1) is 0 Å². The Labute approximate surface area is 220 Å². The van der Waals surface area contributed by atoms with Gasteiger partial charge < -0.3 is 0 Å². The summed E-state index contributed by atoms with van der Waals surface area (Å²) in [4.78, 5) is 0. The summed E-state index contributed by atoms with van der Waals surface area (Å²) in [5.41, 5.74) is 17.3. The minimum atomic E-state index is -0.0676. The van der Waals surface area contributed by atoms with Crippen LogP contribution in [0.1, 0.15) is 74.9 Å². The molecule has 0 spiro atoms. The van der Waals surface area contributed by atoms with Gasteiger partial charge >= 0.3 is 0 Å². The molecule has 0 radical (unpaired) electrons. The number of hydrogen-bond acceptors (Lipinski definition) is 0. The van der Waals surface area contributed by atoms with Crippen molar-refractivity contribution in [1.82, 2.24) is 0 Å². The molecule has 3 aliphatic carbocycles. The van der Waals surface area contributed by atoms with Gasteiger partial charge in [0.15, 0.2) is 0 Å². The monoisotopic (exact) mass is 476 g/mol. The molecule has 3 aliphatic rings. The van der Waals surface area contributed by atoms with E-state index in [4.69, 9.17) is 0 Å². The molecular formula is C37H32. The molecule has 37 heavy (non-hydrogen) atoms. The summed E-state index contributed by atoms with van der Waals surface area (Å²) in [6, 6.07) is 32.5. The summed E-state index contributed by atoms with van der Waals surface area (Å²) in [6.07, 6.45) is 0. The van der Waals surface area contributed by atoms with Crippen molar-refractivity contribution in [2.45, 2.75) is 57.8 Å². The summed E-state index contributed by atoms with van der Waals surface area (Å²) in [5, 5.41) is 2.70. The predicted octanol–water partition coefficient (Wildman–Crippen LogP) is 9.76. The second-order valence-corrected chi connectivity index (χ2v) is 13.0. The summed E-state index contributed by atoms with van der Waals surface area (Å²) in [5.74, 6) is 0. The second kappa shape index (κ2) is 6.43. The Kier molecular flexibility index (Phi) is 3.73. The second-order valence-electron chi connectivity index (χ2n) is 13.0. The van der Waals surface area contributed by atoms with Gasteiger partial charge in [0.1, 0.15) is 0 Å². The van der Waals surface area contributed by atoms with Crippen LogP contribution in [-0.2, 0) is 16.2 Å². The lowest BCUT2D eigenvalue weighted by Gasteiger charge is -2.31. The minimum absolute atomic E-state index is 0.0125. The normalized spacial score (nSPS) is 18.1. The molecule has 0 heterocycles. The van der Waals surface area contributed by atoms with E-state index < -0.39 is 0 Å². The molecule has 0 saturated carbocycles. The smallest absolute Gasteiger partial charge is 0.0162 e. The molecule has 0 amide bonds. The highest BCUT2D eigenvalue weighted by molar-refractivity contribution is 6.04. The van der Waals surface area contributed by atoms with E-state index in [1.165, 1.54) is 77.5 Å². The Morgan fingerprint density at radius 1 is 0.405 bits per heavy atom. The molecule has 0 aromatic heterocycles. The van der Waals surface area contributed by atoms with Crippen molar-refractivity contribution in [2.75, 3.05) is 0 Å². The zero-order valence-corrected chi connectivity index (χ0v) is 22.6. The van der Waals surface area contributed by atoms with Gasteiger partial charge in [0.05, 0.1) is 0 Å². The van der Waals surface area contributed by atoms with Crippen molar-refractivity contribution < 1.29 is 0 Å². The first-order valence-electron chi connectivity index (χ1n) is 13.6. The van der Waals surface area contributed by atoms with Crippen LogP contribution in [0.3, 0.4) is 0 Å². The van der Waals surface area contributed by atoms with Crippen LogP contribution in [0.4, 0.5) is 0 Å². The zero-order valence-electron chi connectivity index (χ0n) is 22.6. The van der Waals surface area contributed by atoms with Crippen molar-refractivity contribution in [1.29, 1.82) is 0 Å². The van der Waals surface area contributed by atoms with E-state index in [9.17, 15) is 0 Å². The van der Waals surface area contributed by atoms with Crippen molar-refractivity contribution in [3.05, 3.63) is 118 Å². The fourth-order valence-corrected chi connectivity index (χ4v) is 8.17. The van der Waals surface area contributed by atoms with Gasteiger partial charge in [-0.05, 0) is 89.7 Å². The van der Waals surface area contributed by atoms with Crippen LogP contribution in [-0.4, -0.2) is 0 Å². The highest BCUT2D eigenvalue weighted by Crippen LogP contribution is 2.61. The van der Waals surface area contributed by atoms with Crippen LogP contribution in [0.5, 0.6) is 0 Å². The van der Waals surface area contributed by atoms with Crippen LogP contribution < -0.4 is 0 Å². The molecule has 5 aromatic rings. The lowest BCUT2D eigenvalue weighted by atomic mass is 9.72. The van der Waals surface area contributed by atoms with Gasteiger partial charge in [0.25, 0.3) is 0 Å². The maximum atomic E-state index is 2.56. The molecule has 8 rings (SSSR count). The van der Waals surface area contributed by atoms with Crippen molar-refractivity contribution >= 4 is 10.8 Å². The zero-order chi connectivity index (χ0) is 25.5. The number of fused-ring (bicyclic) bond motifs is 12. The SMILES string of the molecule is CC1(C)c2cc3c(cc2-c2c1ccc1ccccc21)C(C)(C)c1c-3ccc2c1C(C)(C)c1ccccc1-2. The molecule has 0 bridgehead atoms. The molecular weight excluding hydrogens is 444 g/mol. The van der Waals surface area contributed by atoms with E-state index >= 15 is 0 Å². The Morgan fingerprint density at radius 3 is 1.78 bits per heavy atom. The topological polar surface area (TPSA) is 0 Å². The van der Waals surface area contributed by atoms with Gasteiger partial charge in [-0.15, -0.1) is 0 Å². The summed E-state index contributed by atoms with van der Waals surface area (Å²) in [6.45, 7) is 14.6.